The zero-order valence-electron chi connectivity index (χ0n) is 18.1. The van der Waals surface area contributed by atoms with Gasteiger partial charge in [0.1, 0.15) is 5.82 Å². The number of hydrogen-bond acceptors (Lipinski definition) is 6. The Kier molecular flexibility index (Phi) is 8.32. The Morgan fingerprint density at radius 3 is 2.83 bits per heavy atom. The summed E-state index contributed by atoms with van der Waals surface area (Å²) in [6.07, 6.45) is 5.47. The topological polar surface area (TPSA) is 83.3 Å². The molecule has 30 heavy (non-hydrogen) atoms. The van der Waals surface area contributed by atoms with Gasteiger partial charge in [0.05, 0.1) is 12.2 Å². The molecule has 4 heterocycles. The first kappa shape index (κ1) is 23.2. The summed E-state index contributed by atoms with van der Waals surface area (Å²) >= 11 is 1.76. The standard InChI is InChI=1S/C20H32N8S.HI/c1-14(2)18-25-17-7-6-15(12-28(17)26-18)23-19(21-3)22-9-8-16-13-29-20(24-16)27-10-4-5-11-27;/h13-15H,4-12H2,1-3H3,(H2,21,22,23);1H. The van der Waals surface area contributed by atoms with Crippen molar-refractivity contribution in [2.75, 3.05) is 31.6 Å². The Hall–Kier alpha value is -1.43. The van der Waals surface area contributed by atoms with Gasteiger partial charge in [-0.05, 0) is 19.3 Å². The van der Waals surface area contributed by atoms with Gasteiger partial charge in [0.2, 0.25) is 0 Å². The third-order valence-electron chi connectivity index (χ3n) is 5.55. The second kappa shape index (κ2) is 10.7. The van der Waals surface area contributed by atoms with E-state index in [9.17, 15) is 0 Å². The van der Waals surface area contributed by atoms with Crippen LogP contribution in [0.3, 0.4) is 0 Å². The highest BCUT2D eigenvalue weighted by Crippen LogP contribution is 2.24. The first-order valence-electron chi connectivity index (χ1n) is 10.7. The summed E-state index contributed by atoms with van der Waals surface area (Å²) in [6, 6.07) is 0.316. The summed E-state index contributed by atoms with van der Waals surface area (Å²) in [4.78, 5) is 16.3. The van der Waals surface area contributed by atoms with Gasteiger partial charge < -0.3 is 15.5 Å². The number of rotatable bonds is 6. The average Bonchev–Trinajstić information content (AvgIpc) is 3.46. The maximum Gasteiger partial charge on any atom is 0.191 e. The van der Waals surface area contributed by atoms with Crippen molar-refractivity contribution in [3.05, 3.63) is 22.7 Å². The van der Waals surface area contributed by atoms with Gasteiger partial charge >= 0.3 is 0 Å². The van der Waals surface area contributed by atoms with E-state index >= 15 is 0 Å². The first-order chi connectivity index (χ1) is 14.1. The Bertz CT molecular complexity index is 840. The van der Waals surface area contributed by atoms with E-state index in [2.05, 4.69) is 54.5 Å². The maximum absolute atomic E-state index is 4.80. The molecule has 8 nitrogen and oxygen atoms in total. The van der Waals surface area contributed by atoms with Crippen LogP contribution in [0, 0.1) is 0 Å². The minimum absolute atomic E-state index is 0. The minimum atomic E-state index is 0. The molecule has 1 fully saturated rings. The molecule has 0 aromatic carbocycles. The Labute approximate surface area is 200 Å². The number of nitrogens with zero attached hydrogens (tertiary/aromatic N) is 6. The van der Waals surface area contributed by atoms with Crippen LogP contribution in [0.25, 0.3) is 0 Å². The lowest BCUT2D eigenvalue weighted by Gasteiger charge is -2.25. The van der Waals surface area contributed by atoms with Crippen molar-refractivity contribution < 1.29 is 0 Å². The molecule has 0 saturated carbocycles. The molecule has 2 aliphatic rings. The van der Waals surface area contributed by atoms with Crippen LogP contribution in [0.1, 0.15) is 56.4 Å². The van der Waals surface area contributed by atoms with Gasteiger partial charge in [0.25, 0.3) is 0 Å². The largest absolute Gasteiger partial charge is 0.356 e. The lowest BCUT2D eigenvalue weighted by atomic mass is 10.1. The number of aromatic nitrogens is 4. The molecule has 0 amide bonds. The fraction of sp³-hybridized carbons (Fsp3) is 0.700. The molecule has 2 aromatic heterocycles. The lowest BCUT2D eigenvalue weighted by Crippen LogP contribution is -2.47. The van der Waals surface area contributed by atoms with Crippen LogP contribution in [-0.2, 0) is 19.4 Å². The molecular weight excluding hydrogens is 511 g/mol. The molecule has 2 aliphatic heterocycles. The van der Waals surface area contributed by atoms with Gasteiger partial charge in [-0.3, -0.25) is 4.99 Å². The van der Waals surface area contributed by atoms with E-state index in [0.717, 1.165) is 68.7 Å². The van der Waals surface area contributed by atoms with E-state index in [-0.39, 0.29) is 24.0 Å². The van der Waals surface area contributed by atoms with Gasteiger partial charge in [0, 0.05) is 56.9 Å². The highest BCUT2D eigenvalue weighted by molar-refractivity contribution is 14.0. The van der Waals surface area contributed by atoms with Crippen molar-refractivity contribution in [3.8, 4) is 0 Å². The summed E-state index contributed by atoms with van der Waals surface area (Å²) in [5, 5.41) is 15.0. The molecule has 0 aliphatic carbocycles. The number of thiazole rings is 1. The fourth-order valence-electron chi connectivity index (χ4n) is 3.85. The van der Waals surface area contributed by atoms with E-state index in [1.165, 1.54) is 18.0 Å². The molecule has 4 rings (SSSR count). The van der Waals surface area contributed by atoms with Crippen LogP contribution >= 0.6 is 35.3 Å². The summed E-state index contributed by atoms with van der Waals surface area (Å²) in [5.41, 5.74) is 1.16. The van der Waals surface area contributed by atoms with Crippen molar-refractivity contribution in [1.29, 1.82) is 0 Å². The molecular formula is C20H33IN8S. The number of halogens is 1. The van der Waals surface area contributed by atoms with Crippen LogP contribution in [-0.4, -0.2) is 58.4 Å². The zero-order chi connectivity index (χ0) is 20.2. The summed E-state index contributed by atoms with van der Waals surface area (Å²) < 4.78 is 2.05. The number of guanidine groups is 1. The summed E-state index contributed by atoms with van der Waals surface area (Å²) in [6.45, 7) is 8.23. The van der Waals surface area contributed by atoms with Crippen LogP contribution in [0.15, 0.2) is 10.4 Å². The molecule has 0 spiro atoms. The van der Waals surface area contributed by atoms with E-state index in [1.54, 1.807) is 11.3 Å². The molecule has 166 valence electrons. The molecule has 0 bridgehead atoms. The van der Waals surface area contributed by atoms with Gasteiger partial charge in [-0.2, -0.15) is 5.10 Å². The second-order valence-electron chi connectivity index (χ2n) is 8.17. The molecule has 10 heteroatoms. The van der Waals surface area contributed by atoms with Crippen LogP contribution in [0.2, 0.25) is 0 Å². The quantitative estimate of drug-likeness (QED) is 0.331. The predicted molar refractivity (Wildman–Crippen MR) is 133 cm³/mol. The van der Waals surface area contributed by atoms with Crippen molar-refractivity contribution >= 4 is 46.4 Å². The highest BCUT2D eigenvalue weighted by atomic mass is 127. The zero-order valence-corrected chi connectivity index (χ0v) is 21.2. The number of nitrogens with one attached hydrogen (secondary N) is 2. The molecule has 1 saturated heterocycles. The fourth-order valence-corrected chi connectivity index (χ4v) is 4.77. The van der Waals surface area contributed by atoms with Gasteiger partial charge in [-0.15, -0.1) is 35.3 Å². The van der Waals surface area contributed by atoms with Crippen molar-refractivity contribution in [1.82, 2.24) is 30.4 Å². The number of aryl methyl sites for hydroxylation is 1. The van der Waals surface area contributed by atoms with Crippen molar-refractivity contribution in [2.24, 2.45) is 4.99 Å². The average molecular weight is 545 g/mol. The van der Waals surface area contributed by atoms with Crippen molar-refractivity contribution in [3.63, 3.8) is 0 Å². The molecule has 1 unspecified atom stereocenters. The SMILES string of the molecule is CN=C(NCCc1csc(N2CCCC2)n1)NC1CCc2nc(C(C)C)nn2C1.I. The first-order valence-corrected chi connectivity index (χ1v) is 11.6. The lowest BCUT2D eigenvalue weighted by molar-refractivity contribution is 0.391. The molecule has 0 radical (unpaired) electrons. The summed E-state index contributed by atoms with van der Waals surface area (Å²) in [5.74, 6) is 3.26. The Balaban J connectivity index is 0.00000256. The van der Waals surface area contributed by atoms with Crippen LogP contribution in [0.5, 0.6) is 0 Å². The third kappa shape index (κ3) is 5.63. The predicted octanol–water partition coefficient (Wildman–Crippen LogP) is 2.80. The number of aliphatic imine (C=N–C) groups is 1. The van der Waals surface area contributed by atoms with E-state index < -0.39 is 0 Å². The molecule has 2 aromatic rings. The monoisotopic (exact) mass is 544 g/mol. The maximum atomic E-state index is 4.80. The highest BCUT2D eigenvalue weighted by Gasteiger charge is 2.23. The van der Waals surface area contributed by atoms with Crippen molar-refractivity contribution in [2.45, 2.75) is 64.5 Å². The Morgan fingerprint density at radius 1 is 1.30 bits per heavy atom. The van der Waals surface area contributed by atoms with E-state index in [0.29, 0.717) is 12.0 Å². The minimum Gasteiger partial charge on any atom is -0.356 e. The van der Waals surface area contributed by atoms with Gasteiger partial charge in [-0.25, -0.2) is 14.6 Å². The number of anilines is 1. The van der Waals surface area contributed by atoms with E-state index in [4.69, 9.17) is 4.98 Å². The number of fused-ring (bicyclic) bond motifs is 1. The number of hydrogen-bond donors (Lipinski definition) is 2. The second-order valence-corrected chi connectivity index (χ2v) is 9.00. The third-order valence-corrected chi connectivity index (χ3v) is 6.50. The smallest absolute Gasteiger partial charge is 0.191 e. The molecule has 1 atom stereocenters. The molecule has 2 N–H and O–H groups in total. The van der Waals surface area contributed by atoms with Gasteiger partial charge in [-0.1, -0.05) is 13.8 Å². The van der Waals surface area contributed by atoms with Gasteiger partial charge in [0.15, 0.2) is 16.9 Å². The van der Waals surface area contributed by atoms with Crippen LogP contribution < -0.4 is 15.5 Å². The summed E-state index contributed by atoms with van der Waals surface area (Å²) in [7, 11) is 1.82. The van der Waals surface area contributed by atoms with E-state index in [1.807, 2.05) is 7.05 Å². The Morgan fingerprint density at radius 2 is 2.10 bits per heavy atom. The normalized spacial score (nSPS) is 19.0. The van der Waals surface area contributed by atoms with Crippen LogP contribution in [0.4, 0.5) is 5.13 Å².